The van der Waals surface area contributed by atoms with Crippen molar-refractivity contribution in [1.29, 1.82) is 0 Å². The lowest BCUT2D eigenvalue weighted by atomic mass is 10.1. The summed E-state index contributed by atoms with van der Waals surface area (Å²) in [5.41, 5.74) is 3.17. The number of nitrogens with one attached hydrogen (secondary N) is 1. The van der Waals surface area contributed by atoms with Crippen molar-refractivity contribution in [2.45, 2.75) is 39.7 Å². The van der Waals surface area contributed by atoms with E-state index in [1.54, 1.807) is 0 Å². The summed E-state index contributed by atoms with van der Waals surface area (Å²) >= 11 is 0. The molecule has 0 spiro atoms. The van der Waals surface area contributed by atoms with Gasteiger partial charge in [-0.3, -0.25) is 0 Å². The van der Waals surface area contributed by atoms with Gasteiger partial charge in [-0.25, -0.2) is 0 Å². The van der Waals surface area contributed by atoms with Gasteiger partial charge in [0.25, 0.3) is 0 Å². The molecule has 84 valence electrons. The minimum absolute atomic E-state index is 0.566. The highest BCUT2D eigenvalue weighted by molar-refractivity contribution is 4.73. The molecule has 3 nitrogen and oxygen atoms in total. The van der Waals surface area contributed by atoms with E-state index in [9.17, 15) is 0 Å². The molecule has 0 amide bonds. The Labute approximate surface area is 87.8 Å². The van der Waals surface area contributed by atoms with Crippen LogP contribution in [0, 0.1) is 5.92 Å². The first-order valence-corrected chi connectivity index (χ1v) is 5.82. The molecule has 0 aromatic heterocycles. The second-order valence-corrected chi connectivity index (χ2v) is 4.53. The van der Waals surface area contributed by atoms with Crippen LogP contribution in [0.5, 0.6) is 0 Å². The predicted molar refractivity (Wildman–Crippen MR) is 59.1 cm³/mol. The van der Waals surface area contributed by atoms with E-state index in [-0.39, 0.29) is 0 Å². The fourth-order valence-electron chi connectivity index (χ4n) is 1.70. The molecule has 1 aliphatic heterocycles. The third-order valence-corrected chi connectivity index (χ3v) is 2.70. The van der Waals surface area contributed by atoms with Gasteiger partial charge in [-0.1, -0.05) is 20.8 Å². The Morgan fingerprint density at radius 1 is 1.36 bits per heavy atom. The van der Waals surface area contributed by atoms with Crippen molar-refractivity contribution in [2.24, 2.45) is 5.92 Å². The molecule has 0 saturated carbocycles. The monoisotopic (exact) mass is 200 g/mol. The third-order valence-electron chi connectivity index (χ3n) is 2.70. The lowest BCUT2D eigenvalue weighted by molar-refractivity contribution is -0.0131. The van der Waals surface area contributed by atoms with E-state index in [0.29, 0.717) is 12.0 Å². The maximum absolute atomic E-state index is 5.43. The summed E-state index contributed by atoms with van der Waals surface area (Å²) in [6.45, 7) is 11.0. The second-order valence-electron chi connectivity index (χ2n) is 4.53. The number of likely N-dealkylation sites (tertiary alicyclic amines) is 1. The first-order chi connectivity index (χ1) is 6.72. The lowest BCUT2D eigenvalue weighted by Crippen LogP contribution is -2.42. The molecule has 0 bridgehead atoms. The van der Waals surface area contributed by atoms with Crippen LogP contribution in [0.1, 0.15) is 33.6 Å². The van der Waals surface area contributed by atoms with Gasteiger partial charge in [0.05, 0.1) is 6.61 Å². The normalized spacial score (nSPS) is 20.6. The molecule has 0 aliphatic carbocycles. The molecule has 1 N–H and O–H groups in total. The molecule has 1 rings (SSSR count). The smallest absolute Gasteiger partial charge is 0.0705 e. The summed E-state index contributed by atoms with van der Waals surface area (Å²) in [6.07, 6.45) is 2.43. The van der Waals surface area contributed by atoms with Crippen molar-refractivity contribution in [3.05, 3.63) is 0 Å². The van der Waals surface area contributed by atoms with Crippen LogP contribution >= 0.6 is 0 Å². The average molecular weight is 200 g/mol. The average Bonchev–Trinajstić information content (AvgIpc) is 2.18. The number of piperidine rings is 1. The number of rotatable bonds is 5. The van der Waals surface area contributed by atoms with E-state index in [0.717, 1.165) is 6.61 Å². The molecule has 0 radical (unpaired) electrons. The minimum atomic E-state index is 0.566. The van der Waals surface area contributed by atoms with Crippen LogP contribution in [0.3, 0.4) is 0 Å². The number of hydrogen-bond donors (Lipinski definition) is 1. The summed E-state index contributed by atoms with van der Waals surface area (Å²) < 4.78 is 0. The lowest BCUT2D eigenvalue weighted by Gasteiger charge is -2.31. The molecule has 0 aromatic carbocycles. The summed E-state index contributed by atoms with van der Waals surface area (Å²) in [6, 6.07) is 0.566. The first kappa shape index (κ1) is 12.0. The minimum Gasteiger partial charge on any atom is -0.303 e. The van der Waals surface area contributed by atoms with E-state index in [1.165, 1.54) is 32.5 Å². The zero-order valence-corrected chi connectivity index (χ0v) is 9.75. The predicted octanol–water partition coefficient (Wildman–Crippen LogP) is 1.65. The van der Waals surface area contributed by atoms with Gasteiger partial charge in [-0.05, 0) is 38.4 Å². The van der Waals surface area contributed by atoms with Gasteiger partial charge >= 0.3 is 0 Å². The van der Waals surface area contributed by atoms with Gasteiger partial charge in [-0.2, -0.15) is 5.48 Å². The van der Waals surface area contributed by atoms with Crippen LogP contribution in [0.4, 0.5) is 0 Å². The van der Waals surface area contributed by atoms with Crippen LogP contribution in [-0.4, -0.2) is 37.2 Å². The van der Waals surface area contributed by atoms with Crippen LogP contribution in [-0.2, 0) is 4.84 Å². The molecule has 1 heterocycles. The van der Waals surface area contributed by atoms with Crippen molar-refractivity contribution in [2.75, 3.05) is 26.2 Å². The molecule has 0 aromatic rings. The SMILES string of the molecule is CCN1CCC(NOCC(C)C)CC1. The van der Waals surface area contributed by atoms with Gasteiger partial charge in [0, 0.05) is 6.04 Å². The maximum Gasteiger partial charge on any atom is 0.0705 e. The van der Waals surface area contributed by atoms with Crippen LogP contribution < -0.4 is 5.48 Å². The third kappa shape index (κ3) is 4.40. The van der Waals surface area contributed by atoms with Crippen LogP contribution in [0.15, 0.2) is 0 Å². The van der Waals surface area contributed by atoms with Gasteiger partial charge in [0.15, 0.2) is 0 Å². The Morgan fingerprint density at radius 3 is 2.50 bits per heavy atom. The number of hydroxylamine groups is 1. The largest absolute Gasteiger partial charge is 0.303 e. The molecule has 14 heavy (non-hydrogen) atoms. The molecule has 1 aliphatic rings. The summed E-state index contributed by atoms with van der Waals surface area (Å²) in [5.74, 6) is 0.609. The Morgan fingerprint density at radius 2 is 2.00 bits per heavy atom. The number of hydrogen-bond acceptors (Lipinski definition) is 3. The quantitative estimate of drug-likeness (QED) is 0.683. The van der Waals surface area contributed by atoms with E-state index in [2.05, 4.69) is 31.2 Å². The molecular formula is C11H24N2O. The summed E-state index contributed by atoms with van der Waals surface area (Å²) in [5, 5.41) is 0. The van der Waals surface area contributed by atoms with Gasteiger partial charge in [-0.15, -0.1) is 0 Å². The van der Waals surface area contributed by atoms with E-state index >= 15 is 0 Å². The highest BCUT2D eigenvalue weighted by Gasteiger charge is 2.17. The van der Waals surface area contributed by atoms with Gasteiger partial charge in [0.2, 0.25) is 0 Å². The molecule has 1 fully saturated rings. The molecule has 3 heteroatoms. The zero-order valence-electron chi connectivity index (χ0n) is 9.75. The Kier molecular flexibility index (Phi) is 5.45. The molecule has 1 saturated heterocycles. The van der Waals surface area contributed by atoms with E-state index in [4.69, 9.17) is 4.84 Å². The maximum atomic E-state index is 5.43. The summed E-state index contributed by atoms with van der Waals surface area (Å²) in [7, 11) is 0. The first-order valence-electron chi connectivity index (χ1n) is 5.82. The van der Waals surface area contributed by atoms with Crippen molar-refractivity contribution in [1.82, 2.24) is 10.4 Å². The zero-order chi connectivity index (χ0) is 10.4. The van der Waals surface area contributed by atoms with Crippen molar-refractivity contribution >= 4 is 0 Å². The van der Waals surface area contributed by atoms with E-state index < -0.39 is 0 Å². The highest BCUT2D eigenvalue weighted by atomic mass is 16.6. The molecular weight excluding hydrogens is 176 g/mol. The van der Waals surface area contributed by atoms with Crippen molar-refractivity contribution < 1.29 is 4.84 Å². The van der Waals surface area contributed by atoms with Crippen molar-refractivity contribution in [3.8, 4) is 0 Å². The Balaban J connectivity index is 2.04. The molecule has 0 atom stereocenters. The Hall–Kier alpha value is -0.120. The molecule has 0 unspecified atom stereocenters. The number of nitrogens with zero attached hydrogens (tertiary/aromatic N) is 1. The summed E-state index contributed by atoms with van der Waals surface area (Å²) in [4.78, 5) is 7.92. The fraction of sp³-hybridized carbons (Fsp3) is 1.00. The van der Waals surface area contributed by atoms with Crippen LogP contribution in [0.25, 0.3) is 0 Å². The van der Waals surface area contributed by atoms with E-state index in [1.807, 2.05) is 0 Å². The standard InChI is InChI=1S/C11H24N2O/c1-4-13-7-5-11(6-8-13)12-14-9-10(2)3/h10-12H,4-9H2,1-3H3. The topological polar surface area (TPSA) is 24.5 Å². The highest BCUT2D eigenvalue weighted by Crippen LogP contribution is 2.09. The van der Waals surface area contributed by atoms with Crippen LogP contribution in [0.2, 0.25) is 0 Å². The Bertz CT molecular complexity index is 142. The van der Waals surface area contributed by atoms with Crippen molar-refractivity contribution in [3.63, 3.8) is 0 Å². The second kappa shape index (κ2) is 6.38. The fourth-order valence-corrected chi connectivity index (χ4v) is 1.70. The van der Waals surface area contributed by atoms with Gasteiger partial charge in [0.1, 0.15) is 0 Å². The van der Waals surface area contributed by atoms with Gasteiger partial charge < -0.3 is 9.74 Å².